The van der Waals surface area contributed by atoms with Crippen molar-refractivity contribution in [2.24, 2.45) is 5.92 Å². The van der Waals surface area contributed by atoms with Gasteiger partial charge >= 0.3 is 0 Å². The van der Waals surface area contributed by atoms with Crippen LogP contribution in [0.25, 0.3) is 5.82 Å². The van der Waals surface area contributed by atoms with E-state index in [1.807, 2.05) is 17.0 Å². The summed E-state index contributed by atoms with van der Waals surface area (Å²) in [5, 5.41) is 7.63. The number of piperidine rings is 1. The van der Waals surface area contributed by atoms with Crippen molar-refractivity contribution in [2.75, 3.05) is 19.7 Å². The standard InChI is InChI=1S/C14H17N5O2/c20-11-18-6-3-12(4-7-18)10-21-13-1-2-14(15-9-13)19-8-5-16-17-19/h1-2,5,8-9,11-12H,3-4,6-7,10H2. The molecule has 2 aromatic heterocycles. The first-order valence-corrected chi connectivity index (χ1v) is 7.00. The third-order valence-corrected chi connectivity index (χ3v) is 3.66. The van der Waals surface area contributed by atoms with Gasteiger partial charge in [0.25, 0.3) is 0 Å². The number of rotatable bonds is 5. The van der Waals surface area contributed by atoms with Gasteiger partial charge in [-0.2, -0.15) is 0 Å². The summed E-state index contributed by atoms with van der Waals surface area (Å²) in [5.74, 6) is 1.95. The minimum absolute atomic E-state index is 0.496. The molecule has 1 aliphatic heterocycles. The van der Waals surface area contributed by atoms with E-state index in [-0.39, 0.29) is 0 Å². The van der Waals surface area contributed by atoms with Gasteiger partial charge < -0.3 is 9.64 Å². The molecule has 0 aliphatic carbocycles. The van der Waals surface area contributed by atoms with Gasteiger partial charge in [0.05, 0.1) is 25.2 Å². The molecule has 21 heavy (non-hydrogen) atoms. The molecule has 0 bridgehead atoms. The van der Waals surface area contributed by atoms with E-state index in [4.69, 9.17) is 4.74 Å². The zero-order chi connectivity index (χ0) is 14.5. The summed E-state index contributed by atoms with van der Waals surface area (Å²) in [6.07, 6.45) is 7.94. The maximum Gasteiger partial charge on any atom is 0.209 e. The van der Waals surface area contributed by atoms with Gasteiger partial charge in [-0.1, -0.05) is 5.21 Å². The molecule has 0 radical (unpaired) electrons. The SMILES string of the molecule is O=CN1CCC(COc2ccc(-n3ccnn3)nc2)CC1. The van der Waals surface area contributed by atoms with Crippen LogP contribution in [0.4, 0.5) is 0 Å². The van der Waals surface area contributed by atoms with Crippen molar-refractivity contribution in [2.45, 2.75) is 12.8 Å². The summed E-state index contributed by atoms with van der Waals surface area (Å²) >= 11 is 0. The van der Waals surface area contributed by atoms with Crippen LogP contribution in [0, 0.1) is 5.92 Å². The van der Waals surface area contributed by atoms with Crippen LogP contribution in [0.15, 0.2) is 30.7 Å². The van der Waals surface area contributed by atoms with Crippen molar-refractivity contribution in [1.82, 2.24) is 24.9 Å². The fourth-order valence-corrected chi connectivity index (χ4v) is 2.36. The van der Waals surface area contributed by atoms with E-state index in [0.29, 0.717) is 18.3 Å². The highest BCUT2D eigenvalue weighted by atomic mass is 16.5. The first-order valence-electron chi connectivity index (χ1n) is 7.00. The molecule has 1 aliphatic rings. The summed E-state index contributed by atoms with van der Waals surface area (Å²) in [6, 6.07) is 3.73. The van der Waals surface area contributed by atoms with Crippen LogP contribution in [0.2, 0.25) is 0 Å². The number of ether oxygens (including phenoxy) is 1. The molecule has 3 heterocycles. The van der Waals surface area contributed by atoms with Crippen molar-refractivity contribution in [3.05, 3.63) is 30.7 Å². The predicted octanol–water partition coefficient (Wildman–Crippen LogP) is 0.909. The number of hydrogen-bond donors (Lipinski definition) is 0. The number of likely N-dealkylation sites (tertiary alicyclic amines) is 1. The van der Waals surface area contributed by atoms with Gasteiger partial charge in [0, 0.05) is 13.1 Å². The molecule has 1 saturated heterocycles. The Morgan fingerprint density at radius 1 is 1.33 bits per heavy atom. The van der Waals surface area contributed by atoms with Gasteiger partial charge in [-0.3, -0.25) is 4.79 Å². The lowest BCUT2D eigenvalue weighted by Crippen LogP contribution is -2.34. The lowest BCUT2D eigenvalue weighted by atomic mass is 9.98. The van der Waals surface area contributed by atoms with Crippen LogP contribution >= 0.6 is 0 Å². The summed E-state index contributed by atoms with van der Waals surface area (Å²) in [4.78, 5) is 16.8. The molecule has 0 atom stereocenters. The highest BCUT2D eigenvalue weighted by Gasteiger charge is 2.18. The minimum Gasteiger partial charge on any atom is -0.492 e. The number of carbonyl (C=O) groups excluding carboxylic acids is 1. The molecular weight excluding hydrogens is 270 g/mol. The van der Waals surface area contributed by atoms with Crippen molar-refractivity contribution < 1.29 is 9.53 Å². The Morgan fingerprint density at radius 3 is 2.81 bits per heavy atom. The van der Waals surface area contributed by atoms with Crippen molar-refractivity contribution in [3.63, 3.8) is 0 Å². The number of pyridine rings is 1. The van der Waals surface area contributed by atoms with Crippen LogP contribution in [0.3, 0.4) is 0 Å². The molecule has 1 fully saturated rings. The fraction of sp³-hybridized carbons (Fsp3) is 0.429. The average Bonchev–Trinajstić information content (AvgIpc) is 3.08. The second-order valence-corrected chi connectivity index (χ2v) is 5.10. The molecule has 3 rings (SSSR count). The first-order chi connectivity index (χ1) is 10.3. The lowest BCUT2D eigenvalue weighted by Gasteiger charge is -2.28. The summed E-state index contributed by atoms with van der Waals surface area (Å²) in [7, 11) is 0. The Kier molecular flexibility index (Phi) is 4.09. The Morgan fingerprint density at radius 2 is 2.19 bits per heavy atom. The van der Waals surface area contributed by atoms with E-state index < -0.39 is 0 Å². The van der Waals surface area contributed by atoms with Crippen LogP contribution in [0.5, 0.6) is 5.75 Å². The van der Waals surface area contributed by atoms with Gasteiger partial charge in [-0.05, 0) is 30.9 Å². The zero-order valence-corrected chi connectivity index (χ0v) is 11.6. The maximum absolute atomic E-state index is 10.7. The highest BCUT2D eigenvalue weighted by Crippen LogP contribution is 2.18. The zero-order valence-electron chi connectivity index (χ0n) is 11.6. The summed E-state index contributed by atoms with van der Waals surface area (Å²) in [5.41, 5.74) is 0. The maximum atomic E-state index is 10.7. The molecule has 110 valence electrons. The second kappa shape index (κ2) is 6.34. The molecule has 0 saturated carbocycles. The van der Waals surface area contributed by atoms with Gasteiger partial charge in [0.1, 0.15) is 5.75 Å². The smallest absolute Gasteiger partial charge is 0.209 e. The van der Waals surface area contributed by atoms with Crippen LogP contribution < -0.4 is 4.74 Å². The number of amides is 1. The fourth-order valence-electron chi connectivity index (χ4n) is 2.36. The van der Waals surface area contributed by atoms with E-state index >= 15 is 0 Å². The van der Waals surface area contributed by atoms with Gasteiger partial charge in [0.15, 0.2) is 5.82 Å². The molecule has 0 N–H and O–H groups in total. The van der Waals surface area contributed by atoms with E-state index in [0.717, 1.165) is 38.1 Å². The first kappa shape index (κ1) is 13.5. The highest BCUT2D eigenvalue weighted by molar-refractivity contribution is 5.47. The van der Waals surface area contributed by atoms with Crippen molar-refractivity contribution >= 4 is 6.41 Å². The Hall–Kier alpha value is -2.44. The molecule has 1 amide bonds. The molecule has 7 nitrogen and oxygen atoms in total. The van der Waals surface area contributed by atoms with Crippen LogP contribution in [-0.4, -0.2) is 51.0 Å². The van der Waals surface area contributed by atoms with Crippen LogP contribution in [0.1, 0.15) is 12.8 Å². The Balaban J connectivity index is 1.51. The van der Waals surface area contributed by atoms with Crippen LogP contribution in [-0.2, 0) is 4.79 Å². The quantitative estimate of drug-likeness (QED) is 0.764. The lowest BCUT2D eigenvalue weighted by molar-refractivity contribution is -0.119. The average molecular weight is 287 g/mol. The minimum atomic E-state index is 0.496. The molecule has 2 aromatic rings. The van der Waals surface area contributed by atoms with Gasteiger partial charge in [-0.15, -0.1) is 5.10 Å². The molecular formula is C14H17N5O2. The second-order valence-electron chi connectivity index (χ2n) is 5.10. The monoisotopic (exact) mass is 287 g/mol. The normalized spacial score (nSPS) is 15.9. The van der Waals surface area contributed by atoms with E-state index in [1.54, 1.807) is 23.3 Å². The molecule has 7 heteroatoms. The van der Waals surface area contributed by atoms with Gasteiger partial charge in [-0.25, -0.2) is 9.67 Å². The number of carbonyl (C=O) groups is 1. The number of hydrogen-bond acceptors (Lipinski definition) is 5. The number of aromatic nitrogens is 4. The van der Waals surface area contributed by atoms with Crippen molar-refractivity contribution in [3.8, 4) is 11.6 Å². The predicted molar refractivity (Wildman–Crippen MR) is 75.0 cm³/mol. The summed E-state index contributed by atoms with van der Waals surface area (Å²) in [6.45, 7) is 2.30. The van der Waals surface area contributed by atoms with Crippen molar-refractivity contribution in [1.29, 1.82) is 0 Å². The molecule has 0 spiro atoms. The van der Waals surface area contributed by atoms with E-state index in [2.05, 4.69) is 15.3 Å². The Labute approximate surface area is 122 Å². The largest absolute Gasteiger partial charge is 0.492 e. The third kappa shape index (κ3) is 3.36. The topological polar surface area (TPSA) is 73.1 Å². The molecule has 0 aromatic carbocycles. The van der Waals surface area contributed by atoms with E-state index in [1.165, 1.54) is 0 Å². The molecule has 0 unspecified atom stereocenters. The summed E-state index contributed by atoms with van der Waals surface area (Å²) < 4.78 is 7.37. The van der Waals surface area contributed by atoms with E-state index in [9.17, 15) is 4.79 Å². The third-order valence-electron chi connectivity index (χ3n) is 3.66. The number of nitrogens with zero attached hydrogens (tertiary/aromatic N) is 5. The Bertz CT molecular complexity index is 562. The van der Waals surface area contributed by atoms with Gasteiger partial charge in [0.2, 0.25) is 6.41 Å².